The Morgan fingerprint density at radius 1 is 1.20 bits per heavy atom. The number of benzene rings is 1. The van der Waals surface area contributed by atoms with Crippen molar-refractivity contribution in [1.82, 2.24) is 15.4 Å². The Hall–Kier alpha value is -2.34. The third kappa shape index (κ3) is 5.32. The van der Waals surface area contributed by atoms with Crippen molar-refractivity contribution in [1.29, 1.82) is 0 Å². The number of aromatic nitrogens is 1. The molecule has 1 amide bonds. The summed E-state index contributed by atoms with van der Waals surface area (Å²) in [6, 6.07) is 7.15. The van der Waals surface area contributed by atoms with Gasteiger partial charge in [-0.2, -0.15) is 0 Å². The molecule has 0 atom stereocenters. The highest BCUT2D eigenvalue weighted by Gasteiger charge is 2.10. The fourth-order valence-corrected chi connectivity index (χ4v) is 2.54. The van der Waals surface area contributed by atoms with E-state index in [1.54, 1.807) is 24.3 Å². The van der Waals surface area contributed by atoms with E-state index >= 15 is 0 Å². The second kappa shape index (κ2) is 9.22. The standard InChI is InChI=1S/C19H27N3O3/c1-5-22(6-2)12-11-20-19(23)16-7-9-17(10-8-16)24-13-18-14(3)21-25-15(18)4/h7-10H,5-6,11-13H2,1-4H3,(H,20,23). The first-order valence-corrected chi connectivity index (χ1v) is 8.70. The number of amides is 1. The van der Waals surface area contributed by atoms with Gasteiger partial charge in [-0.3, -0.25) is 4.79 Å². The van der Waals surface area contributed by atoms with Crippen LogP contribution in [-0.4, -0.2) is 42.1 Å². The van der Waals surface area contributed by atoms with Crippen LogP contribution in [0.5, 0.6) is 5.75 Å². The number of hydrogen-bond acceptors (Lipinski definition) is 5. The molecule has 0 aliphatic carbocycles. The molecule has 136 valence electrons. The van der Waals surface area contributed by atoms with Crippen LogP contribution < -0.4 is 10.1 Å². The van der Waals surface area contributed by atoms with Crippen LogP contribution in [0.15, 0.2) is 28.8 Å². The number of carbonyl (C=O) groups is 1. The number of nitrogens with one attached hydrogen (secondary N) is 1. The van der Waals surface area contributed by atoms with Gasteiger partial charge in [0.1, 0.15) is 18.1 Å². The Kier molecular flexibility index (Phi) is 7.01. The molecule has 0 saturated heterocycles. The fourth-order valence-electron chi connectivity index (χ4n) is 2.54. The highest BCUT2D eigenvalue weighted by Crippen LogP contribution is 2.17. The highest BCUT2D eigenvalue weighted by molar-refractivity contribution is 5.94. The van der Waals surface area contributed by atoms with Crippen LogP contribution in [0.3, 0.4) is 0 Å². The van der Waals surface area contributed by atoms with Crippen molar-refractivity contribution in [2.45, 2.75) is 34.3 Å². The van der Waals surface area contributed by atoms with Crippen LogP contribution in [-0.2, 0) is 6.61 Å². The van der Waals surface area contributed by atoms with Gasteiger partial charge >= 0.3 is 0 Å². The molecule has 2 rings (SSSR count). The van der Waals surface area contributed by atoms with E-state index in [-0.39, 0.29) is 5.91 Å². The van der Waals surface area contributed by atoms with Gasteiger partial charge in [-0.25, -0.2) is 0 Å². The van der Waals surface area contributed by atoms with E-state index in [4.69, 9.17) is 9.26 Å². The monoisotopic (exact) mass is 345 g/mol. The summed E-state index contributed by atoms with van der Waals surface area (Å²) in [5.74, 6) is 1.41. The Morgan fingerprint density at radius 3 is 2.44 bits per heavy atom. The molecule has 0 bridgehead atoms. The van der Waals surface area contributed by atoms with E-state index < -0.39 is 0 Å². The van der Waals surface area contributed by atoms with Crippen LogP contribution in [0.2, 0.25) is 0 Å². The number of rotatable bonds is 9. The molecule has 25 heavy (non-hydrogen) atoms. The van der Waals surface area contributed by atoms with Crippen molar-refractivity contribution in [3.8, 4) is 5.75 Å². The predicted octanol–water partition coefficient (Wildman–Crippen LogP) is 2.94. The molecule has 0 radical (unpaired) electrons. The third-order valence-electron chi connectivity index (χ3n) is 4.29. The molecular formula is C19H27N3O3. The van der Waals surface area contributed by atoms with Gasteiger partial charge in [-0.05, 0) is 51.2 Å². The van der Waals surface area contributed by atoms with E-state index in [1.807, 2.05) is 13.8 Å². The summed E-state index contributed by atoms with van der Waals surface area (Å²) in [5.41, 5.74) is 2.42. The zero-order chi connectivity index (χ0) is 18.2. The summed E-state index contributed by atoms with van der Waals surface area (Å²) in [7, 11) is 0. The molecule has 1 aromatic carbocycles. The van der Waals surface area contributed by atoms with Gasteiger partial charge in [0, 0.05) is 18.7 Å². The van der Waals surface area contributed by atoms with E-state index in [0.717, 1.165) is 36.7 Å². The van der Waals surface area contributed by atoms with Crippen LogP contribution in [0, 0.1) is 13.8 Å². The van der Waals surface area contributed by atoms with Crippen molar-refractivity contribution >= 4 is 5.91 Å². The van der Waals surface area contributed by atoms with Gasteiger partial charge < -0.3 is 19.5 Å². The number of nitrogens with zero attached hydrogens (tertiary/aromatic N) is 2. The first-order chi connectivity index (χ1) is 12.0. The molecule has 0 spiro atoms. The summed E-state index contributed by atoms with van der Waals surface area (Å²) in [6.45, 7) is 11.9. The average Bonchev–Trinajstić information content (AvgIpc) is 2.95. The van der Waals surface area contributed by atoms with Gasteiger partial charge in [0.2, 0.25) is 0 Å². The van der Waals surface area contributed by atoms with Gasteiger partial charge in [0.15, 0.2) is 0 Å². The average molecular weight is 345 g/mol. The second-order valence-corrected chi connectivity index (χ2v) is 5.90. The quantitative estimate of drug-likeness (QED) is 0.757. The minimum atomic E-state index is -0.0653. The number of likely N-dealkylation sites (N-methyl/N-ethyl adjacent to an activating group) is 1. The summed E-state index contributed by atoms with van der Waals surface area (Å²) in [5, 5.41) is 6.85. The molecule has 1 N–H and O–H groups in total. The van der Waals surface area contributed by atoms with Gasteiger partial charge in [0.25, 0.3) is 5.91 Å². The highest BCUT2D eigenvalue weighted by atomic mass is 16.5. The zero-order valence-electron chi connectivity index (χ0n) is 15.5. The predicted molar refractivity (Wildman–Crippen MR) is 96.9 cm³/mol. The minimum absolute atomic E-state index is 0.0653. The van der Waals surface area contributed by atoms with Crippen LogP contribution in [0.1, 0.15) is 41.2 Å². The lowest BCUT2D eigenvalue weighted by atomic mass is 10.2. The Labute approximate surface area is 149 Å². The maximum absolute atomic E-state index is 12.2. The molecule has 6 heteroatoms. The molecule has 0 aliphatic rings. The van der Waals surface area contributed by atoms with Crippen LogP contribution in [0.25, 0.3) is 0 Å². The van der Waals surface area contributed by atoms with E-state index in [0.29, 0.717) is 24.5 Å². The van der Waals surface area contributed by atoms with Crippen molar-refractivity contribution in [3.05, 3.63) is 46.8 Å². The summed E-state index contributed by atoms with van der Waals surface area (Å²) >= 11 is 0. The SMILES string of the molecule is CCN(CC)CCNC(=O)c1ccc(OCc2c(C)noc2C)cc1. The molecule has 0 aliphatic heterocycles. The molecule has 0 fully saturated rings. The second-order valence-electron chi connectivity index (χ2n) is 5.90. The smallest absolute Gasteiger partial charge is 0.251 e. The first kappa shape index (κ1) is 19.0. The Morgan fingerprint density at radius 2 is 1.88 bits per heavy atom. The lowest BCUT2D eigenvalue weighted by Crippen LogP contribution is -2.34. The van der Waals surface area contributed by atoms with Gasteiger partial charge in [-0.15, -0.1) is 0 Å². The maximum atomic E-state index is 12.2. The van der Waals surface area contributed by atoms with Crippen LogP contribution >= 0.6 is 0 Å². The number of hydrogen-bond donors (Lipinski definition) is 1. The van der Waals surface area contributed by atoms with E-state index in [9.17, 15) is 4.79 Å². The van der Waals surface area contributed by atoms with E-state index in [1.165, 1.54) is 0 Å². The summed E-state index contributed by atoms with van der Waals surface area (Å²) in [6.07, 6.45) is 0. The largest absolute Gasteiger partial charge is 0.489 e. The van der Waals surface area contributed by atoms with E-state index in [2.05, 4.69) is 29.2 Å². The first-order valence-electron chi connectivity index (χ1n) is 8.70. The lowest BCUT2D eigenvalue weighted by molar-refractivity contribution is 0.0949. The molecule has 1 heterocycles. The number of carbonyl (C=O) groups excluding carboxylic acids is 1. The van der Waals surface area contributed by atoms with Gasteiger partial charge in [-0.1, -0.05) is 19.0 Å². The summed E-state index contributed by atoms with van der Waals surface area (Å²) in [4.78, 5) is 14.4. The zero-order valence-corrected chi connectivity index (χ0v) is 15.5. The molecule has 0 unspecified atom stereocenters. The lowest BCUT2D eigenvalue weighted by Gasteiger charge is -2.17. The number of aryl methyl sites for hydroxylation is 2. The fraction of sp³-hybridized carbons (Fsp3) is 0.474. The van der Waals surface area contributed by atoms with Crippen molar-refractivity contribution in [2.24, 2.45) is 0 Å². The Bertz CT molecular complexity index is 656. The minimum Gasteiger partial charge on any atom is -0.489 e. The Balaban J connectivity index is 1.83. The van der Waals surface area contributed by atoms with Crippen molar-refractivity contribution in [3.63, 3.8) is 0 Å². The van der Waals surface area contributed by atoms with Crippen molar-refractivity contribution in [2.75, 3.05) is 26.2 Å². The third-order valence-corrected chi connectivity index (χ3v) is 4.29. The molecule has 0 saturated carbocycles. The topological polar surface area (TPSA) is 67.6 Å². The number of ether oxygens (including phenoxy) is 1. The van der Waals surface area contributed by atoms with Gasteiger partial charge in [0.05, 0.1) is 11.3 Å². The summed E-state index contributed by atoms with van der Waals surface area (Å²) < 4.78 is 10.9. The van der Waals surface area contributed by atoms with Crippen molar-refractivity contribution < 1.29 is 14.1 Å². The molecular weight excluding hydrogens is 318 g/mol. The van der Waals surface area contributed by atoms with Crippen LogP contribution in [0.4, 0.5) is 0 Å². The molecule has 2 aromatic rings. The molecule has 1 aromatic heterocycles. The normalized spacial score (nSPS) is 10.9. The maximum Gasteiger partial charge on any atom is 0.251 e. The molecule has 6 nitrogen and oxygen atoms in total.